The summed E-state index contributed by atoms with van der Waals surface area (Å²) in [6.07, 6.45) is 0.791. The topological polar surface area (TPSA) is 92.1 Å². The van der Waals surface area contributed by atoms with Crippen LogP contribution in [0.25, 0.3) is 16.8 Å². The number of benzene rings is 2. The van der Waals surface area contributed by atoms with Crippen LogP contribution in [0.1, 0.15) is 18.3 Å². The highest BCUT2D eigenvalue weighted by Gasteiger charge is 2.15. The molecule has 2 aromatic carbocycles. The fourth-order valence-corrected chi connectivity index (χ4v) is 3.05. The van der Waals surface area contributed by atoms with E-state index in [4.69, 9.17) is 0 Å². The van der Waals surface area contributed by atoms with Crippen molar-refractivity contribution in [2.24, 2.45) is 0 Å². The molecule has 4 aromatic rings. The van der Waals surface area contributed by atoms with Crippen LogP contribution in [0.15, 0.2) is 59.4 Å². The molecule has 0 radical (unpaired) electrons. The lowest BCUT2D eigenvalue weighted by atomic mass is 10.1. The summed E-state index contributed by atoms with van der Waals surface area (Å²) < 4.78 is 14.5. The number of carbonyl (C=O) groups excluding carboxylic acids is 1. The average molecular weight is 391 g/mol. The number of aromatic amines is 1. The van der Waals surface area contributed by atoms with Gasteiger partial charge in [0.1, 0.15) is 11.3 Å². The van der Waals surface area contributed by atoms with Crippen molar-refractivity contribution in [3.63, 3.8) is 0 Å². The molecule has 29 heavy (non-hydrogen) atoms. The Kier molecular flexibility index (Phi) is 4.90. The first kappa shape index (κ1) is 18.5. The van der Waals surface area contributed by atoms with E-state index in [1.54, 1.807) is 18.2 Å². The maximum absolute atomic E-state index is 13.2. The number of aryl methyl sites for hydroxylation is 1. The predicted octanol–water partition coefficient (Wildman–Crippen LogP) is 2.97. The quantitative estimate of drug-likeness (QED) is 0.547. The lowest BCUT2D eigenvalue weighted by molar-refractivity contribution is -0.115. The molecule has 0 saturated heterocycles. The molecule has 0 aliphatic rings. The van der Waals surface area contributed by atoms with Gasteiger partial charge in [-0.15, -0.1) is 0 Å². The number of nitrogens with one attached hydrogen (secondary N) is 2. The second-order valence-electron chi connectivity index (χ2n) is 6.58. The van der Waals surface area contributed by atoms with Crippen molar-refractivity contribution in [2.75, 3.05) is 5.32 Å². The van der Waals surface area contributed by atoms with Crippen LogP contribution in [-0.4, -0.2) is 25.7 Å². The molecule has 0 spiro atoms. The van der Waals surface area contributed by atoms with Crippen molar-refractivity contribution in [2.45, 2.75) is 19.8 Å². The summed E-state index contributed by atoms with van der Waals surface area (Å²) >= 11 is 0. The molecule has 0 saturated carbocycles. The van der Waals surface area contributed by atoms with E-state index >= 15 is 0 Å². The number of anilines is 1. The van der Waals surface area contributed by atoms with Gasteiger partial charge in [-0.2, -0.15) is 10.2 Å². The first-order valence-electron chi connectivity index (χ1n) is 9.15. The Morgan fingerprint density at radius 1 is 1.17 bits per heavy atom. The smallest absolute Gasteiger partial charge is 0.290 e. The van der Waals surface area contributed by atoms with E-state index in [-0.39, 0.29) is 29.5 Å². The van der Waals surface area contributed by atoms with Crippen molar-refractivity contribution in [3.8, 4) is 11.3 Å². The van der Waals surface area contributed by atoms with E-state index in [1.165, 1.54) is 16.6 Å². The van der Waals surface area contributed by atoms with Gasteiger partial charge in [-0.3, -0.25) is 9.59 Å². The van der Waals surface area contributed by atoms with Crippen molar-refractivity contribution in [3.05, 3.63) is 82.2 Å². The highest BCUT2D eigenvalue weighted by molar-refractivity contribution is 5.92. The number of aromatic nitrogens is 4. The fourth-order valence-electron chi connectivity index (χ4n) is 3.05. The first-order chi connectivity index (χ1) is 14.0. The molecule has 146 valence electrons. The second kappa shape index (κ2) is 7.67. The minimum atomic E-state index is -0.425. The first-order valence-corrected chi connectivity index (χ1v) is 9.15. The van der Waals surface area contributed by atoms with Gasteiger partial charge in [0.2, 0.25) is 5.91 Å². The Labute approximate surface area is 165 Å². The number of fused-ring (bicyclic) bond motifs is 1. The molecule has 1 amide bonds. The zero-order chi connectivity index (χ0) is 20.4. The van der Waals surface area contributed by atoms with Crippen LogP contribution in [0.5, 0.6) is 0 Å². The van der Waals surface area contributed by atoms with Crippen LogP contribution in [0, 0.1) is 5.82 Å². The van der Waals surface area contributed by atoms with E-state index in [9.17, 15) is 14.0 Å². The molecule has 0 aliphatic carbocycles. The van der Waals surface area contributed by atoms with Crippen LogP contribution in [0.4, 0.5) is 10.1 Å². The number of carbonyl (C=O) groups is 1. The monoisotopic (exact) mass is 391 g/mol. The third kappa shape index (κ3) is 3.91. The highest BCUT2D eigenvalue weighted by Crippen LogP contribution is 2.19. The SMILES string of the molecule is CCc1cccc(NC(=O)Cc2n[nH]c(=O)c3cc(-c4ccc(F)cc4)nn23)c1. The normalized spacial score (nSPS) is 11.0. The van der Waals surface area contributed by atoms with E-state index in [0.29, 0.717) is 16.9 Å². The number of H-pyrrole nitrogens is 1. The molecule has 2 N–H and O–H groups in total. The molecular formula is C21H18FN5O2. The van der Waals surface area contributed by atoms with Crippen LogP contribution in [-0.2, 0) is 17.6 Å². The summed E-state index contributed by atoms with van der Waals surface area (Å²) in [5.74, 6) is -0.350. The van der Waals surface area contributed by atoms with Crippen LogP contribution in [0.2, 0.25) is 0 Å². The summed E-state index contributed by atoms with van der Waals surface area (Å²) in [7, 11) is 0. The molecule has 0 atom stereocenters. The van der Waals surface area contributed by atoms with Gasteiger partial charge in [0.15, 0.2) is 5.82 Å². The molecule has 2 heterocycles. The Bertz CT molecular complexity index is 1240. The molecule has 0 bridgehead atoms. The fraction of sp³-hybridized carbons (Fsp3) is 0.143. The summed E-state index contributed by atoms with van der Waals surface area (Å²) in [6.45, 7) is 2.04. The van der Waals surface area contributed by atoms with Gasteiger partial charge in [0, 0.05) is 11.3 Å². The number of amides is 1. The van der Waals surface area contributed by atoms with Gasteiger partial charge in [0.05, 0.1) is 12.1 Å². The Morgan fingerprint density at radius 3 is 2.72 bits per heavy atom. The Hall–Kier alpha value is -3.81. The van der Waals surface area contributed by atoms with E-state index in [0.717, 1.165) is 12.0 Å². The lowest BCUT2D eigenvalue weighted by Gasteiger charge is -2.07. The summed E-state index contributed by atoms with van der Waals surface area (Å²) in [5.41, 5.74) is 2.79. The number of rotatable bonds is 5. The molecule has 2 aromatic heterocycles. The molecule has 7 nitrogen and oxygen atoms in total. The van der Waals surface area contributed by atoms with Crippen molar-refractivity contribution in [1.29, 1.82) is 0 Å². The minimum Gasteiger partial charge on any atom is -0.326 e. The van der Waals surface area contributed by atoms with Crippen molar-refractivity contribution in [1.82, 2.24) is 19.8 Å². The van der Waals surface area contributed by atoms with Crippen LogP contribution < -0.4 is 10.9 Å². The van der Waals surface area contributed by atoms with Gasteiger partial charge in [-0.05, 0) is 54.4 Å². The third-order valence-corrected chi connectivity index (χ3v) is 4.55. The predicted molar refractivity (Wildman–Crippen MR) is 107 cm³/mol. The average Bonchev–Trinajstić information content (AvgIpc) is 3.17. The lowest BCUT2D eigenvalue weighted by Crippen LogP contribution is -2.22. The van der Waals surface area contributed by atoms with E-state index in [2.05, 4.69) is 20.6 Å². The summed E-state index contributed by atoms with van der Waals surface area (Å²) in [5, 5.41) is 13.6. The van der Waals surface area contributed by atoms with Crippen LogP contribution in [0.3, 0.4) is 0 Å². The maximum atomic E-state index is 13.2. The zero-order valence-electron chi connectivity index (χ0n) is 15.6. The van der Waals surface area contributed by atoms with Gasteiger partial charge < -0.3 is 5.32 Å². The molecular weight excluding hydrogens is 373 g/mol. The van der Waals surface area contributed by atoms with E-state index in [1.807, 2.05) is 31.2 Å². The largest absolute Gasteiger partial charge is 0.326 e. The molecule has 0 fully saturated rings. The number of nitrogens with zero attached hydrogens (tertiary/aromatic N) is 3. The third-order valence-electron chi connectivity index (χ3n) is 4.55. The highest BCUT2D eigenvalue weighted by atomic mass is 19.1. The summed E-state index contributed by atoms with van der Waals surface area (Å²) in [6, 6.07) is 15.0. The van der Waals surface area contributed by atoms with Gasteiger partial charge in [-0.25, -0.2) is 14.0 Å². The van der Waals surface area contributed by atoms with Crippen LogP contribution >= 0.6 is 0 Å². The molecule has 0 aliphatic heterocycles. The minimum absolute atomic E-state index is 0.0752. The Morgan fingerprint density at radius 2 is 1.97 bits per heavy atom. The number of hydrogen-bond acceptors (Lipinski definition) is 4. The Balaban J connectivity index is 1.63. The van der Waals surface area contributed by atoms with Gasteiger partial charge in [0.25, 0.3) is 5.56 Å². The molecule has 4 rings (SSSR count). The number of hydrogen-bond donors (Lipinski definition) is 2. The van der Waals surface area contributed by atoms with Crippen molar-refractivity contribution >= 4 is 17.1 Å². The number of halogens is 1. The summed E-state index contributed by atoms with van der Waals surface area (Å²) in [4.78, 5) is 24.6. The molecule has 0 unspecified atom stereocenters. The van der Waals surface area contributed by atoms with E-state index < -0.39 is 5.56 Å². The second-order valence-corrected chi connectivity index (χ2v) is 6.58. The molecule has 8 heteroatoms. The van der Waals surface area contributed by atoms with Gasteiger partial charge in [-0.1, -0.05) is 19.1 Å². The maximum Gasteiger partial charge on any atom is 0.290 e. The zero-order valence-corrected chi connectivity index (χ0v) is 15.6. The standard InChI is InChI=1S/C21H18FN5O2/c1-2-13-4-3-5-16(10-13)23-20(28)12-19-24-25-21(29)18-11-17(26-27(18)19)14-6-8-15(22)9-7-14/h3-11H,2,12H2,1H3,(H,23,28)(H,25,29). The van der Waals surface area contributed by atoms with Crippen molar-refractivity contribution < 1.29 is 9.18 Å². The van der Waals surface area contributed by atoms with Gasteiger partial charge >= 0.3 is 0 Å².